The number of hydrogen-bond acceptors (Lipinski definition) is 7. The fourth-order valence-corrected chi connectivity index (χ4v) is 6.37. The van der Waals surface area contributed by atoms with E-state index in [2.05, 4.69) is 34.4 Å². The number of pyridine rings is 1. The van der Waals surface area contributed by atoms with Crippen LogP contribution in [-0.4, -0.2) is 27.8 Å². The van der Waals surface area contributed by atoms with Crippen LogP contribution in [0.25, 0.3) is 10.2 Å². The third kappa shape index (κ3) is 4.37. The van der Waals surface area contributed by atoms with Crippen molar-refractivity contribution in [3.63, 3.8) is 0 Å². The zero-order valence-electron chi connectivity index (χ0n) is 16.8. The van der Waals surface area contributed by atoms with E-state index >= 15 is 0 Å². The normalized spacial score (nSPS) is 20.5. The highest BCUT2D eigenvalue weighted by Crippen LogP contribution is 2.47. The summed E-state index contributed by atoms with van der Waals surface area (Å²) < 4.78 is 0.872. The maximum atomic E-state index is 11.4. The van der Waals surface area contributed by atoms with Crippen LogP contribution in [0, 0.1) is 12.3 Å². The minimum Gasteiger partial charge on any atom is -0.393 e. The zero-order valence-corrected chi connectivity index (χ0v) is 19.2. The van der Waals surface area contributed by atoms with Crippen molar-refractivity contribution < 1.29 is 10.2 Å². The summed E-state index contributed by atoms with van der Waals surface area (Å²) in [5, 5.41) is 27.3. The SMILES string of the molecule is C#CCC(O)(CO)c1c([C@H]2CC=CC[C@@H]2N)sc2c(NCc3cccs3)cc(Cl)nc12. The summed E-state index contributed by atoms with van der Waals surface area (Å²) in [6.07, 6.45) is 11.2. The Labute approximate surface area is 194 Å². The van der Waals surface area contributed by atoms with E-state index in [0.717, 1.165) is 28.1 Å². The molecule has 8 heteroatoms. The third-order valence-corrected chi connectivity index (χ3v) is 8.02. The molecule has 0 aromatic carbocycles. The molecule has 0 saturated heterocycles. The number of terminal acetylenes is 1. The molecule has 0 saturated carbocycles. The van der Waals surface area contributed by atoms with Gasteiger partial charge in [0, 0.05) is 46.3 Å². The van der Waals surface area contributed by atoms with E-state index in [-0.39, 0.29) is 18.4 Å². The molecular weight excluding hydrogens is 450 g/mol. The number of nitrogens with zero attached hydrogens (tertiary/aromatic N) is 1. The molecule has 1 aliphatic carbocycles. The van der Waals surface area contributed by atoms with E-state index in [9.17, 15) is 10.2 Å². The van der Waals surface area contributed by atoms with Gasteiger partial charge in [0.25, 0.3) is 0 Å². The number of aliphatic hydroxyl groups excluding tert-OH is 1. The van der Waals surface area contributed by atoms with E-state index < -0.39 is 12.2 Å². The molecular formula is C23H24ClN3O2S2. The first kappa shape index (κ1) is 22.3. The summed E-state index contributed by atoms with van der Waals surface area (Å²) in [7, 11) is 0. The molecule has 0 aliphatic heterocycles. The first-order valence-electron chi connectivity index (χ1n) is 10.0. The van der Waals surface area contributed by atoms with Crippen molar-refractivity contribution in [3.05, 3.63) is 56.2 Å². The average Bonchev–Trinajstić information content (AvgIpc) is 3.40. The van der Waals surface area contributed by atoms with Gasteiger partial charge in [-0.1, -0.05) is 29.8 Å². The quantitative estimate of drug-likeness (QED) is 0.229. The number of aliphatic hydroxyl groups is 2. The first-order chi connectivity index (χ1) is 15.0. The predicted molar refractivity (Wildman–Crippen MR) is 130 cm³/mol. The summed E-state index contributed by atoms with van der Waals surface area (Å²) in [6, 6.07) is 5.77. The molecule has 5 nitrogen and oxygen atoms in total. The highest BCUT2D eigenvalue weighted by molar-refractivity contribution is 7.20. The first-order valence-corrected chi connectivity index (χ1v) is 12.1. The number of halogens is 1. The highest BCUT2D eigenvalue weighted by atomic mass is 35.5. The molecule has 0 radical (unpaired) electrons. The molecule has 31 heavy (non-hydrogen) atoms. The highest BCUT2D eigenvalue weighted by Gasteiger charge is 2.38. The van der Waals surface area contributed by atoms with Gasteiger partial charge in [-0.15, -0.1) is 35.0 Å². The summed E-state index contributed by atoms with van der Waals surface area (Å²) in [5.74, 6) is 2.50. The van der Waals surface area contributed by atoms with Crippen molar-refractivity contribution in [1.29, 1.82) is 0 Å². The van der Waals surface area contributed by atoms with Gasteiger partial charge in [0.1, 0.15) is 10.8 Å². The van der Waals surface area contributed by atoms with Crippen LogP contribution in [0.15, 0.2) is 35.7 Å². The summed E-state index contributed by atoms with van der Waals surface area (Å²) >= 11 is 9.60. The summed E-state index contributed by atoms with van der Waals surface area (Å²) in [6.45, 7) is 0.135. The Balaban J connectivity index is 1.90. The van der Waals surface area contributed by atoms with Crippen LogP contribution in [0.3, 0.4) is 0 Å². The van der Waals surface area contributed by atoms with Crippen LogP contribution in [0.4, 0.5) is 5.69 Å². The van der Waals surface area contributed by atoms with Gasteiger partial charge in [-0.05, 0) is 24.3 Å². The second-order valence-corrected chi connectivity index (χ2v) is 10.2. The van der Waals surface area contributed by atoms with Crippen molar-refractivity contribution in [2.75, 3.05) is 11.9 Å². The van der Waals surface area contributed by atoms with Crippen molar-refractivity contribution in [1.82, 2.24) is 4.98 Å². The Hall–Kier alpha value is -1.92. The lowest BCUT2D eigenvalue weighted by Crippen LogP contribution is -2.34. The van der Waals surface area contributed by atoms with Gasteiger partial charge < -0.3 is 21.3 Å². The van der Waals surface area contributed by atoms with Crippen LogP contribution >= 0.6 is 34.3 Å². The maximum Gasteiger partial charge on any atom is 0.131 e. The van der Waals surface area contributed by atoms with Gasteiger partial charge >= 0.3 is 0 Å². The van der Waals surface area contributed by atoms with Crippen LogP contribution < -0.4 is 11.1 Å². The standard InChI is InChI=1S/C23H24ClN3O2S2/c1-2-9-23(29,13-28)19-20-22(31-21(19)15-7-3-4-8-16(15)25)17(11-18(24)27-20)26-12-14-6-5-10-30-14/h1,3-6,10-11,15-16,28-29H,7-9,12-13,25H2,(H,26,27)/t15-,16-,23?/m0/s1. The largest absolute Gasteiger partial charge is 0.393 e. The fourth-order valence-electron chi connectivity index (χ4n) is 4.02. The van der Waals surface area contributed by atoms with E-state index in [1.807, 2.05) is 11.4 Å². The Morgan fingerprint density at radius 2 is 2.19 bits per heavy atom. The molecule has 162 valence electrons. The molecule has 3 atom stereocenters. The molecule has 3 heterocycles. The Morgan fingerprint density at radius 1 is 1.39 bits per heavy atom. The lowest BCUT2D eigenvalue weighted by Gasteiger charge is -2.30. The molecule has 1 aliphatic rings. The van der Waals surface area contributed by atoms with Gasteiger partial charge in [-0.2, -0.15) is 0 Å². The van der Waals surface area contributed by atoms with Crippen molar-refractivity contribution in [2.24, 2.45) is 5.73 Å². The molecule has 1 unspecified atom stereocenters. The average molecular weight is 474 g/mol. The van der Waals surface area contributed by atoms with Crippen molar-refractivity contribution in [3.8, 4) is 12.3 Å². The van der Waals surface area contributed by atoms with E-state index in [0.29, 0.717) is 22.8 Å². The van der Waals surface area contributed by atoms with E-state index in [4.69, 9.17) is 23.8 Å². The number of nitrogens with one attached hydrogen (secondary N) is 1. The molecule has 3 aromatic heterocycles. The smallest absolute Gasteiger partial charge is 0.131 e. The number of aromatic nitrogens is 1. The number of allylic oxidation sites excluding steroid dienone is 1. The Bertz CT molecular complexity index is 1140. The fraction of sp³-hybridized carbons (Fsp3) is 0.348. The second-order valence-electron chi connectivity index (χ2n) is 7.73. The molecule has 5 N–H and O–H groups in total. The Morgan fingerprint density at radius 3 is 2.87 bits per heavy atom. The number of thiophene rings is 2. The minimum atomic E-state index is -1.62. The number of hydrogen-bond donors (Lipinski definition) is 4. The van der Waals surface area contributed by atoms with Gasteiger partial charge in [0.05, 0.1) is 22.5 Å². The van der Waals surface area contributed by atoms with Crippen LogP contribution in [-0.2, 0) is 12.1 Å². The van der Waals surface area contributed by atoms with Crippen LogP contribution in [0.5, 0.6) is 0 Å². The number of nitrogens with two attached hydrogens (primary N) is 1. The van der Waals surface area contributed by atoms with Gasteiger partial charge in [0.2, 0.25) is 0 Å². The molecule has 0 fully saturated rings. The number of fused-ring (bicyclic) bond motifs is 1. The Kier molecular flexibility index (Phi) is 6.68. The van der Waals surface area contributed by atoms with Crippen LogP contribution in [0.2, 0.25) is 5.15 Å². The van der Waals surface area contributed by atoms with E-state index in [1.54, 1.807) is 28.7 Å². The monoisotopic (exact) mass is 473 g/mol. The number of rotatable bonds is 7. The van der Waals surface area contributed by atoms with Gasteiger partial charge in [0.15, 0.2) is 0 Å². The third-order valence-electron chi connectivity index (χ3n) is 5.61. The summed E-state index contributed by atoms with van der Waals surface area (Å²) in [4.78, 5) is 6.66. The van der Waals surface area contributed by atoms with Gasteiger partial charge in [-0.25, -0.2) is 4.98 Å². The minimum absolute atomic E-state index is 0.000953. The lowest BCUT2D eigenvalue weighted by atomic mass is 9.82. The van der Waals surface area contributed by atoms with Gasteiger partial charge in [-0.3, -0.25) is 0 Å². The maximum absolute atomic E-state index is 11.4. The molecule has 0 bridgehead atoms. The second kappa shape index (κ2) is 9.29. The van der Waals surface area contributed by atoms with E-state index in [1.165, 1.54) is 4.88 Å². The molecule has 3 aromatic rings. The number of anilines is 1. The molecule has 0 amide bonds. The van der Waals surface area contributed by atoms with Crippen LogP contribution in [0.1, 0.15) is 40.5 Å². The van der Waals surface area contributed by atoms with Crippen molar-refractivity contribution >= 4 is 50.2 Å². The topological polar surface area (TPSA) is 91.4 Å². The summed E-state index contributed by atoms with van der Waals surface area (Å²) in [5.41, 5.74) is 6.79. The lowest BCUT2D eigenvalue weighted by molar-refractivity contribution is -0.0142. The predicted octanol–water partition coefficient (Wildman–Crippen LogP) is 4.59. The van der Waals surface area contributed by atoms with Crippen molar-refractivity contribution in [2.45, 2.75) is 43.4 Å². The zero-order chi connectivity index (χ0) is 22.0. The molecule has 4 rings (SSSR count). The molecule has 0 spiro atoms.